The van der Waals surface area contributed by atoms with Gasteiger partial charge in [0.15, 0.2) is 0 Å². The second-order valence-corrected chi connectivity index (χ2v) is 8.19. The number of benzene rings is 2. The van der Waals surface area contributed by atoms with Crippen molar-refractivity contribution < 1.29 is 19.4 Å². The summed E-state index contributed by atoms with van der Waals surface area (Å²) in [5.74, 6) is -1.85. The highest BCUT2D eigenvalue weighted by molar-refractivity contribution is 6.04. The van der Waals surface area contributed by atoms with E-state index >= 15 is 0 Å². The number of nitrogens with zero attached hydrogens (tertiary/aromatic N) is 1. The fraction of sp³-hybridized carbons (Fsp3) is 0.391. The van der Waals surface area contributed by atoms with E-state index in [0.717, 1.165) is 11.1 Å². The number of carbonyl (C=O) groups excluding carboxylic acids is 1. The lowest BCUT2D eigenvalue weighted by atomic mass is 9.90. The molecular weight excluding hydrogens is 354 g/mol. The Balaban J connectivity index is 2.12. The average Bonchev–Trinajstić information content (AvgIpc) is 3.08. The Morgan fingerprint density at radius 2 is 1.50 bits per heavy atom. The minimum Gasteiger partial charge on any atom is -0.479 e. The summed E-state index contributed by atoms with van der Waals surface area (Å²) in [4.78, 5) is 27.4. The van der Waals surface area contributed by atoms with E-state index in [1.54, 1.807) is 25.7 Å². The van der Waals surface area contributed by atoms with Gasteiger partial charge in [-0.1, -0.05) is 60.7 Å². The summed E-state index contributed by atoms with van der Waals surface area (Å²) in [5.41, 5.74) is -0.568. The summed E-state index contributed by atoms with van der Waals surface area (Å²) in [6, 6.07) is 19.1. The van der Waals surface area contributed by atoms with E-state index in [1.165, 1.54) is 0 Å². The van der Waals surface area contributed by atoms with Crippen LogP contribution in [0.5, 0.6) is 0 Å². The third-order valence-electron chi connectivity index (χ3n) is 5.06. The quantitative estimate of drug-likeness (QED) is 0.625. The minimum atomic E-state index is -1.70. The molecule has 0 spiro atoms. The Hall–Kier alpha value is -2.66. The number of likely N-dealkylation sites (tertiary alicyclic amines) is 1. The van der Waals surface area contributed by atoms with Gasteiger partial charge in [0, 0.05) is 6.54 Å². The number of esters is 1. The van der Waals surface area contributed by atoms with E-state index in [4.69, 9.17) is 4.74 Å². The van der Waals surface area contributed by atoms with E-state index in [-0.39, 0.29) is 12.5 Å². The fourth-order valence-corrected chi connectivity index (χ4v) is 3.91. The predicted octanol–water partition coefficient (Wildman–Crippen LogP) is 4.04. The van der Waals surface area contributed by atoms with Crippen molar-refractivity contribution in [3.05, 3.63) is 71.8 Å². The molecule has 0 aromatic heterocycles. The molecule has 5 heteroatoms. The Bertz CT molecular complexity index is 789. The molecule has 1 heterocycles. The number of carbonyl (C=O) groups is 2. The Morgan fingerprint density at radius 3 is 1.93 bits per heavy atom. The monoisotopic (exact) mass is 381 g/mol. The number of hydrogen-bond acceptors (Lipinski definition) is 4. The molecule has 2 aromatic rings. The molecule has 0 bridgehead atoms. The SMILES string of the molecule is CC(C)(C)OC(=O)[C@]1(C(=O)O)CCCN1C(c1ccccc1)c1ccccc1. The lowest BCUT2D eigenvalue weighted by Gasteiger charge is -2.40. The molecule has 2 aromatic carbocycles. The van der Waals surface area contributed by atoms with Gasteiger partial charge in [-0.15, -0.1) is 0 Å². The lowest BCUT2D eigenvalue weighted by Crippen LogP contribution is -2.59. The van der Waals surface area contributed by atoms with Crippen molar-refractivity contribution in [3.63, 3.8) is 0 Å². The smallest absolute Gasteiger partial charge is 0.338 e. The summed E-state index contributed by atoms with van der Waals surface area (Å²) in [6.07, 6.45) is 0.842. The molecule has 0 unspecified atom stereocenters. The van der Waals surface area contributed by atoms with Gasteiger partial charge in [-0.05, 0) is 44.7 Å². The van der Waals surface area contributed by atoms with Crippen LogP contribution in [0.2, 0.25) is 0 Å². The Morgan fingerprint density at radius 1 is 1.00 bits per heavy atom. The molecular formula is C23H27NO4. The molecule has 28 heavy (non-hydrogen) atoms. The summed E-state index contributed by atoms with van der Waals surface area (Å²) >= 11 is 0. The molecule has 1 fully saturated rings. The zero-order valence-corrected chi connectivity index (χ0v) is 16.6. The van der Waals surface area contributed by atoms with E-state index in [0.29, 0.717) is 13.0 Å². The summed E-state index contributed by atoms with van der Waals surface area (Å²) in [5, 5.41) is 10.2. The van der Waals surface area contributed by atoms with Crippen LogP contribution in [0.4, 0.5) is 0 Å². The average molecular weight is 381 g/mol. The highest BCUT2D eigenvalue weighted by Gasteiger charge is 2.58. The van der Waals surface area contributed by atoms with Crippen molar-refractivity contribution in [3.8, 4) is 0 Å². The van der Waals surface area contributed by atoms with Crippen molar-refractivity contribution in [1.82, 2.24) is 4.90 Å². The molecule has 0 aliphatic carbocycles. The lowest BCUT2D eigenvalue weighted by molar-refractivity contribution is -0.178. The van der Waals surface area contributed by atoms with Gasteiger partial charge in [-0.25, -0.2) is 9.59 Å². The first-order chi connectivity index (χ1) is 13.3. The third kappa shape index (κ3) is 3.80. The van der Waals surface area contributed by atoms with Crippen molar-refractivity contribution in [2.24, 2.45) is 0 Å². The largest absolute Gasteiger partial charge is 0.479 e. The van der Waals surface area contributed by atoms with Gasteiger partial charge in [0.25, 0.3) is 0 Å². The van der Waals surface area contributed by atoms with Crippen LogP contribution >= 0.6 is 0 Å². The fourth-order valence-electron chi connectivity index (χ4n) is 3.91. The van der Waals surface area contributed by atoms with Gasteiger partial charge >= 0.3 is 11.9 Å². The van der Waals surface area contributed by atoms with Crippen LogP contribution in [0.3, 0.4) is 0 Å². The van der Waals surface area contributed by atoms with Crippen molar-refractivity contribution in [2.75, 3.05) is 6.54 Å². The predicted molar refractivity (Wildman–Crippen MR) is 107 cm³/mol. The summed E-state index contributed by atoms with van der Waals surface area (Å²) < 4.78 is 5.58. The third-order valence-corrected chi connectivity index (χ3v) is 5.06. The second kappa shape index (κ2) is 7.76. The molecule has 3 rings (SSSR count). The van der Waals surface area contributed by atoms with Gasteiger partial charge in [-0.2, -0.15) is 0 Å². The van der Waals surface area contributed by atoms with Crippen LogP contribution in [0.15, 0.2) is 60.7 Å². The second-order valence-electron chi connectivity index (χ2n) is 8.19. The van der Waals surface area contributed by atoms with Gasteiger partial charge < -0.3 is 9.84 Å². The number of aliphatic carboxylic acids is 1. The van der Waals surface area contributed by atoms with Crippen LogP contribution in [-0.4, -0.2) is 39.6 Å². The molecule has 5 nitrogen and oxygen atoms in total. The first kappa shape index (κ1) is 20.1. The van der Waals surface area contributed by atoms with Crippen LogP contribution in [0, 0.1) is 0 Å². The number of ether oxygens (including phenoxy) is 1. The first-order valence-corrected chi connectivity index (χ1v) is 9.59. The molecule has 0 amide bonds. The van der Waals surface area contributed by atoms with Crippen LogP contribution in [0.1, 0.15) is 50.8 Å². The molecule has 1 atom stereocenters. The van der Waals surface area contributed by atoms with Gasteiger partial charge in [0.1, 0.15) is 5.60 Å². The highest BCUT2D eigenvalue weighted by Crippen LogP contribution is 2.42. The molecule has 1 saturated heterocycles. The van der Waals surface area contributed by atoms with Gasteiger partial charge in [0.2, 0.25) is 5.54 Å². The molecule has 0 radical (unpaired) electrons. The molecule has 1 N–H and O–H groups in total. The normalized spacial score (nSPS) is 20.3. The highest BCUT2D eigenvalue weighted by atomic mass is 16.6. The maximum absolute atomic E-state index is 13.2. The van der Waals surface area contributed by atoms with Crippen LogP contribution < -0.4 is 0 Å². The molecule has 0 saturated carbocycles. The van der Waals surface area contributed by atoms with Gasteiger partial charge in [-0.3, -0.25) is 4.90 Å². The molecule has 1 aliphatic heterocycles. The molecule has 148 valence electrons. The Kier molecular flexibility index (Phi) is 5.57. The number of rotatable bonds is 5. The van der Waals surface area contributed by atoms with E-state index in [9.17, 15) is 14.7 Å². The standard InChI is InChI=1S/C23H27NO4/c1-22(2,3)28-21(27)23(20(25)26)15-10-16-24(23)19(17-11-6-4-7-12-17)18-13-8-5-9-14-18/h4-9,11-14,19H,10,15-16H2,1-3H3,(H,25,26)/t23-/m1/s1. The van der Waals surface area contributed by atoms with Crippen molar-refractivity contribution in [2.45, 2.75) is 50.8 Å². The summed E-state index contributed by atoms with van der Waals surface area (Å²) in [6.45, 7) is 5.77. The van der Waals surface area contributed by atoms with Crippen molar-refractivity contribution >= 4 is 11.9 Å². The topological polar surface area (TPSA) is 66.8 Å². The van der Waals surface area contributed by atoms with E-state index in [2.05, 4.69) is 0 Å². The summed E-state index contributed by atoms with van der Waals surface area (Å²) in [7, 11) is 0. The van der Waals surface area contributed by atoms with E-state index < -0.39 is 23.1 Å². The number of carboxylic acids is 1. The zero-order chi connectivity index (χ0) is 20.4. The number of hydrogen-bond donors (Lipinski definition) is 1. The van der Waals surface area contributed by atoms with Gasteiger partial charge in [0.05, 0.1) is 6.04 Å². The molecule has 1 aliphatic rings. The zero-order valence-electron chi connectivity index (χ0n) is 16.6. The first-order valence-electron chi connectivity index (χ1n) is 9.59. The minimum absolute atomic E-state index is 0.230. The van der Waals surface area contributed by atoms with Crippen molar-refractivity contribution in [1.29, 1.82) is 0 Å². The van der Waals surface area contributed by atoms with Crippen LogP contribution in [0.25, 0.3) is 0 Å². The number of carboxylic acid groups (broad SMARTS) is 1. The maximum Gasteiger partial charge on any atom is 0.338 e. The van der Waals surface area contributed by atoms with E-state index in [1.807, 2.05) is 60.7 Å². The van der Waals surface area contributed by atoms with Crippen LogP contribution in [-0.2, 0) is 14.3 Å². The Labute approximate surface area is 165 Å². The maximum atomic E-state index is 13.2.